The van der Waals surface area contributed by atoms with E-state index in [9.17, 15) is 26.3 Å². The zero-order valence-electron chi connectivity index (χ0n) is 16.1. The lowest BCUT2D eigenvalue weighted by Crippen LogP contribution is -2.34. The van der Waals surface area contributed by atoms with Crippen molar-refractivity contribution in [2.24, 2.45) is 0 Å². The van der Waals surface area contributed by atoms with Crippen molar-refractivity contribution in [3.63, 3.8) is 0 Å². The fourth-order valence-electron chi connectivity index (χ4n) is 3.29. The van der Waals surface area contributed by atoms with Crippen molar-refractivity contribution >= 4 is 8.32 Å². The quantitative estimate of drug-likeness (QED) is 0.219. The zero-order valence-corrected chi connectivity index (χ0v) is 17.1. The van der Waals surface area contributed by atoms with Gasteiger partial charge in [-0.25, -0.2) is 0 Å². The van der Waals surface area contributed by atoms with E-state index in [1.807, 2.05) is 0 Å². The number of alkyl halides is 6. The first kappa shape index (κ1) is 24.0. The smallest absolute Gasteiger partial charge is 0.416 e. The van der Waals surface area contributed by atoms with E-state index in [1.165, 1.54) is 0 Å². The van der Waals surface area contributed by atoms with Gasteiger partial charge in [-0.2, -0.15) is 26.3 Å². The summed E-state index contributed by atoms with van der Waals surface area (Å²) in [6.07, 6.45) is -6.13. The molecule has 0 amide bonds. The van der Waals surface area contributed by atoms with Crippen LogP contribution < -0.4 is 0 Å². The molecule has 0 radical (unpaired) electrons. The first-order valence-electron chi connectivity index (χ1n) is 9.31. The van der Waals surface area contributed by atoms with Crippen LogP contribution in [0, 0.1) is 0 Å². The number of aryl methyl sites for hydroxylation is 1. The molecule has 1 aromatic carbocycles. The minimum atomic E-state index is -4.79. The van der Waals surface area contributed by atoms with E-state index >= 15 is 0 Å². The molecular weight excluding hydrogens is 386 g/mol. The number of benzene rings is 1. The average Bonchev–Trinajstić information content (AvgIpc) is 2.60. The molecule has 0 aromatic heterocycles. The number of unbranched alkanes of at least 4 members (excludes halogenated alkanes) is 3. The summed E-state index contributed by atoms with van der Waals surface area (Å²) < 4.78 is 82.9. The van der Waals surface area contributed by atoms with Gasteiger partial charge in [-0.15, -0.1) is 0 Å². The predicted molar refractivity (Wildman–Crippen MR) is 97.2 cm³/mol. The monoisotopic (exact) mass is 414 g/mol. The Hall–Kier alpha value is -1.02. The van der Waals surface area contributed by atoms with Gasteiger partial charge in [-0.05, 0) is 54.7 Å². The highest BCUT2D eigenvalue weighted by atomic mass is 28.4. The molecule has 0 unspecified atom stereocenters. The first-order valence-corrected chi connectivity index (χ1v) is 11.8. The van der Waals surface area contributed by atoms with Gasteiger partial charge < -0.3 is 4.43 Å². The van der Waals surface area contributed by atoms with Crippen LogP contribution in [0.5, 0.6) is 0 Å². The lowest BCUT2D eigenvalue weighted by Gasteiger charge is -2.27. The highest BCUT2D eigenvalue weighted by Crippen LogP contribution is 2.36. The molecule has 1 rings (SSSR count). The fraction of sp³-hybridized carbons (Fsp3) is 0.684. The zero-order chi connectivity index (χ0) is 20.7. The molecule has 156 valence electrons. The van der Waals surface area contributed by atoms with E-state index < -0.39 is 31.8 Å². The van der Waals surface area contributed by atoms with Crippen molar-refractivity contribution in [1.29, 1.82) is 0 Å². The highest BCUT2D eigenvalue weighted by Gasteiger charge is 2.36. The van der Waals surface area contributed by atoms with Gasteiger partial charge in [-0.1, -0.05) is 33.1 Å². The van der Waals surface area contributed by atoms with Crippen LogP contribution >= 0.6 is 0 Å². The fourth-order valence-corrected chi connectivity index (χ4v) is 6.17. The summed E-state index contributed by atoms with van der Waals surface area (Å²) >= 11 is 0. The van der Waals surface area contributed by atoms with E-state index in [1.54, 1.807) is 7.11 Å². The largest absolute Gasteiger partial charge is 0.420 e. The molecule has 0 fully saturated rings. The second-order valence-corrected chi connectivity index (χ2v) is 11.6. The molecule has 0 heterocycles. The van der Waals surface area contributed by atoms with Crippen LogP contribution in [-0.4, -0.2) is 15.4 Å². The number of rotatable bonds is 10. The third kappa shape index (κ3) is 7.48. The van der Waals surface area contributed by atoms with Crippen LogP contribution in [0.15, 0.2) is 18.2 Å². The van der Waals surface area contributed by atoms with Gasteiger partial charge in [0.15, 0.2) is 8.32 Å². The second kappa shape index (κ2) is 9.96. The lowest BCUT2D eigenvalue weighted by molar-refractivity contribution is -0.143. The third-order valence-corrected chi connectivity index (χ3v) is 9.93. The van der Waals surface area contributed by atoms with Gasteiger partial charge in [0.1, 0.15) is 0 Å². The molecule has 0 atom stereocenters. The maximum atomic E-state index is 12.9. The topological polar surface area (TPSA) is 9.23 Å². The SMILES string of the molecule is CC[Si](CC)(CCCCCCc1cc(C(F)(F)F)cc(C(F)(F)F)c1)OC. The molecule has 1 nitrogen and oxygen atoms in total. The Bertz CT molecular complexity index is 538. The molecule has 0 aliphatic rings. The van der Waals surface area contributed by atoms with E-state index in [0.717, 1.165) is 49.5 Å². The third-order valence-electron chi connectivity index (χ3n) is 5.22. The summed E-state index contributed by atoms with van der Waals surface area (Å²) in [6.45, 7) is 4.26. The van der Waals surface area contributed by atoms with Crippen molar-refractivity contribution < 1.29 is 30.8 Å². The predicted octanol–water partition coefficient (Wildman–Crippen LogP) is 7.46. The Morgan fingerprint density at radius 3 is 1.67 bits per heavy atom. The molecule has 1 aromatic rings. The van der Waals surface area contributed by atoms with Gasteiger partial charge in [0.2, 0.25) is 0 Å². The van der Waals surface area contributed by atoms with Gasteiger partial charge in [0, 0.05) is 7.11 Å². The van der Waals surface area contributed by atoms with E-state index in [0.29, 0.717) is 6.42 Å². The summed E-state index contributed by atoms with van der Waals surface area (Å²) in [5.41, 5.74) is -2.40. The Kier molecular flexibility index (Phi) is 8.86. The molecule has 0 N–H and O–H groups in total. The first-order chi connectivity index (χ1) is 12.5. The van der Waals surface area contributed by atoms with E-state index in [2.05, 4.69) is 13.8 Å². The average molecular weight is 415 g/mol. The van der Waals surface area contributed by atoms with Crippen LogP contribution in [-0.2, 0) is 23.2 Å². The van der Waals surface area contributed by atoms with Crippen LogP contribution in [0.3, 0.4) is 0 Å². The van der Waals surface area contributed by atoms with Crippen LogP contribution in [0.2, 0.25) is 18.1 Å². The lowest BCUT2D eigenvalue weighted by atomic mass is 10.00. The molecule has 0 spiro atoms. The van der Waals surface area contributed by atoms with Crippen molar-refractivity contribution in [3.05, 3.63) is 34.9 Å². The molecule has 8 heteroatoms. The minimum absolute atomic E-state index is 0.0832. The maximum absolute atomic E-state index is 12.9. The van der Waals surface area contributed by atoms with Crippen LogP contribution in [0.25, 0.3) is 0 Å². The highest BCUT2D eigenvalue weighted by molar-refractivity contribution is 6.73. The van der Waals surface area contributed by atoms with Crippen LogP contribution in [0.1, 0.15) is 56.2 Å². The van der Waals surface area contributed by atoms with E-state index in [-0.39, 0.29) is 18.1 Å². The Balaban J connectivity index is 2.62. The summed E-state index contributed by atoms with van der Waals surface area (Å²) in [6, 6.07) is 4.96. The molecule has 0 bridgehead atoms. The summed E-state index contributed by atoms with van der Waals surface area (Å²) in [4.78, 5) is 0. The molecule has 0 saturated heterocycles. The van der Waals surface area contributed by atoms with Crippen molar-refractivity contribution in [3.8, 4) is 0 Å². The van der Waals surface area contributed by atoms with Crippen molar-refractivity contribution in [2.45, 2.75) is 76.4 Å². The minimum Gasteiger partial charge on any atom is -0.420 e. The van der Waals surface area contributed by atoms with Gasteiger partial charge in [0.25, 0.3) is 0 Å². The molecule has 0 saturated carbocycles. The Morgan fingerprint density at radius 2 is 1.26 bits per heavy atom. The number of halogens is 6. The second-order valence-electron chi connectivity index (χ2n) is 6.92. The summed E-state index contributed by atoms with van der Waals surface area (Å²) in [7, 11) is 0.107. The van der Waals surface area contributed by atoms with Crippen molar-refractivity contribution in [1.82, 2.24) is 0 Å². The Morgan fingerprint density at radius 1 is 0.778 bits per heavy atom. The van der Waals surface area contributed by atoms with Gasteiger partial charge in [-0.3, -0.25) is 0 Å². The van der Waals surface area contributed by atoms with E-state index in [4.69, 9.17) is 4.43 Å². The summed E-state index contributed by atoms with van der Waals surface area (Å²) in [5, 5.41) is 0. The standard InChI is InChI=1S/C19H28F6OSi/c1-4-27(5-2,26-3)11-9-7-6-8-10-15-12-16(18(20,21)22)14-17(13-15)19(23,24)25/h12-14H,4-11H2,1-3H3. The number of hydrogen-bond donors (Lipinski definition) is 0. The normalized spacial score (nSPS) is 13.2. The maximum Gasteiger partial charge on any atom is 0.416 e. The summed E-state index contributed by atoms with van der Waals surface area (Å²) in [5.74, 6) is 0. The molecular formula is C19H28F6OSi. The molecule has 0 aliphatic carbocycles. The van der Waals surface area contributed by atoms with Crippen LogP contribution in [0.4, 0.5) is 26.3 Å². The Labute approximate surface area is 158 Å². The van der Waals surface area contributed by atoms with Crippen molar-refractivity contribution in [2.75, 3.05) is 7.11 Å². The molecule has 27 heavy (non-hydrogen) atoms. The number of hydrogen-bond acceptors (Lipinski definition) is 1. The van der Waals surface area contributed by atoms with Gasteiger partial charge in [0.05, 0.1) is 11.1 Å². The molecule has 0 aliphatic heterocycles. The van der Waals surface area contributed by atoms with Gasteiger partial charge >= 0.3 is 12.4 Å².